The third kappa shape index (κ3) is 11.5. The summed E-state index contributed by atoms with van der Waals surface area (Å²) in [4.78, 5) is 52.8. The summed E-state index contributed by atoms with van der Waals surface area (Å²) in [5.41, 5.74) is 0. The van der Waals surface area contributed by atoms with E-state index in [0.717, 1.165) is 51.4 Å². The molecule has 9 heteroatoms. The summed E-state index contributed by atoms with van der Waals surface area (Å²) in [6, 6.07) is 0. The van der Waals surface area contributed by atoms with Gasteiger partial charge in [-0.3, -0.25) is 0 Å². The van der Waals surface area contributed by atoms with Crippen molar-refractivity contribution in [3.8, 4) is 0 Å². The summed E-state index contributed by atoms with van der Waals surface area (Å²) in [5, 5.41) is 0. The fourth-order valence-corrected chi connectivity index (χ4v) is 10.2. The van der Waals surface area contributed by atoms with Crippen molar-refractivity contribution in [1.82, 2.24) is 0 Å². The second-order valence-corrected chi connectivity index (χ2v) is 18.1. The Morgan fingerprint density at radius 1 is 0.424 bits per heavy atom. The Hall–Kier alpha value is -1.50. The topological polar surface area (TPSA) is 105 Å². The molecule has 0 unspecified atom stereocenters. The molecule has 0 amide bonds. The maximum absolute atomic E-state index is 13.2. The van der Waals surface area contributed by atoms with Crippen molar-refractivity contribution in [2.24, 2.45) is 0 Å². The summed E-state index contributed by atoms with van der Waals surface area (Å²) in [7, 11) is 0. The third-order valence-electron chi connectivity index (χ3n) is 5.78. The van der Waals surface area contributed by atoms with Crippen LogP contribution >= 0.6 is 0 Å². The molecule has 0 saturated heterocycles. The van der Waals surface area contributed by atoms with E-state index in [0.29, 0.717) is 25.7 Å². The fourth-order valence-electron chi connectivity index (χ4n) is 3.47. The number of carbonyl (C=O) groups is 4. The van der Waals surface area contributed by atoms with Crippen LogP contribution in [0.15, 0.2) is 0 Å². The Morgan fingerprint density at radius 3 is 0.818 bits per heavy atom. The van der Waals surface area contributed by atoms with Gasteiger partial charge < -0.3 is 0 Å². The van der Waals surface area contributed by atoms with Crippen LogP contribution in [0.25, 0.3) is 0 Å². The molecule has 0 fully saturated rings. The molecule has 0 aromatic heterocycles. The maximum atomic E-state index is 13.2. The average molecular weight is 526 g/mol. The van der Waals surface area contributed by atoms with Crippen molar-refractivity contribution in [2.75, 3.05) is 26.4 Å². The molecular formula is C24H44O8Zn. The van der Waals surface area contributed by atoms with Crippen molar-refractivity contribution in [1.29, 1.82) is 0 Å². The van der Waals surface area contributed by atoms with Crippen LogP contribution in [0.1, 0.15) is 105 Å². The van der Waals surface area contributed by atoms with Crippen LogP contribution in [0, 0.1) is 0 Å². The minimum atomic E-state index is -6.03. The molecule has 0 rings (SSSR count). The standard InChI is InChI=1S/4C6H11O2.Zn/c4*1-2-3-4-5-8-6-7;/h4*2-5H2,1H3;. The Bertz CT molecular complexity index is 477. The molecule has 0 radical (unpaired) electrons. The van der Waals surface area contributed by atoms with Gasteiger partial charge in [0.2, 0.25) is 0 Å². The van der Waals surface area contributed by atoms with Gasteiger partial charge >= 0.3 is 202 Å². The van der Waals surface area contributed by atoms with Crippen LogP contribution in [-0.2, 0) is 33.7 Å². The first-order chi connectivity index (χ1) is 15.9. The molecule has 0 spiro atoms. The predicted molar refractivity (Wildman–Crippen MR) is 123 cm³/mol. The van der Waals surface area contributed by atoms with E-state index in [1.165, 1.54) is 0 Å². The van der Waals surface area contributed by atoms with Gasteiger partial charge in [0.25, 0.3) is 0 Å². The Kier molecular flexibility index (Phi) is 19.0. The van der Waals surface area contributed by atoms with Gasteiger partial charge in [-0.2, -0.15) is 0 Å². The molecule has 0 heterocycles. The number of unbranched alkanes of at least 4 members (excludes halogenated alkanes) is 8. The van der Waals surface area contributed by atoms with Crippen molar-refractivity contribution >= 4 is 18.3 Å². The zero-order chi connectivity index (χ0) is 25.0. The monoisotopic (exact) mass is 524 g/mol. The molecule has 0 aromatic rings. The average Bonchev–Trinajstić information content (AvgIpc) is 2.80. The van der Waals surface area contributed by atoms with E-state index in [-0.39, 0.29) is 26.4 Å². The quantitative estimate of drug-likeness (QED) is 0.0916. The molecule has 0 bridgehead atoms. The first-order valence-corrected chi connectivity index (χ1v) is 19.0. The molecule has 0 atom stereocenters. The summed E-state index contributed by atoms with van der Waals surface area (Å²) < 4.78 is 17.0. The first kappa shape index (κ1) is 31.5. The van der Waals surface area contributed by atoms with Gasteiger partial charge in [0.05, 0.1) is 0 Å². The van der Waals surface area contributed by atoms with E-state index in [1.54, 1.807) is 0 Å². The van der Waals surface area contributed by atoms with Crippen molar-refractivity contribution in [3.63, 3.8) is 0 Å². The number of carbonyl (C=O) groups excluding carboxylic acids is 4. The first-order valence-electron chi connectivity index (χ1n) is 13.0. The molecule has 33 heavy (non-hydrogen) atoms. The van der Waals surface area contributed by atoms with Crippen LogP contribution in [0.5, 0.6) is 0 Å². The Morgan fingerprint density at radius 2 is 0.636 bits per heavy atom. The zero-order valence-electron chi connectivity index (χ0n) is 21.3. The predicted octanol–water partition coefficient (Wildman–Crippen LogP) is 7.45. The zero-order valence-corrected chi connectivity index (χ0v) is 24.3. The molecule has 0 saturated carbocycles. The van der Waals surface area contributed by atoms with Crippen LogP contribution in [0.3, 0.4) is 0 Å². The third-order valence-corrected chi connectivity index (χ3v) is 14.8. The van der Waals surface area contributed by atoms with Crippen molar-refractivity contribution in [2.45, 2.75) is 105 Å². The van der Waals surface area contributed by atoms with Crippen LogP contribution < -0.4 is 0 Å². The summed E-state index contributed by atoms with van der Waals surface area (Å²) in [5.74, 6) is 0. The number of ether oxygens (including phenoxy) is 4. The molecule has 8 nitrogen and oxygen atoms in total. The van der Waals surface area contributed by atoms with Gasteiger partial charge in [0.1, 0.15) is 0 Å². The Labute approximate surface area is 202 Å². The van der Waals surface area contributed by atoms with E-state index in [2.05, 4.69) is 0 Å². The fraction of sp³-hybridized carbons (Fsp3) is 0.833. The molecular weight excluding hydrogens is 482 g/mol. The van der Waals surface area contributed by atoms with Gasteiger partial charge in [-0.1, -0.05) is 0 Å². The Balaban J connectivity index is 5.81. The molecule has 0 N–H and O–H groups in total. The van der Waals surface area contributed by atoms with Gasteiger partial charge in [0, 0.05) is 0 Å². The van der Waals surface area contributed by atoms with E-state index in [1.807, 2.05) is 27.7 Å². The van der Waals surface area contributed by atoms with E-state index < -0.39 is 33.0 Å². The van der Waals surface area contributed by atoms with Crippen LogP contribution in [0.4, 0.5) is 19.2 Å². The van der Waals surface area contributed by atoms with Crippen molar-refractivity contribution < 1.29 is 52.9 Å². The normalized spacial score (nSPS) is 10.5. The summed E-state index contributed by atoms with van der Waals surface area (Å²) in [6.45, 7) is 8.13. The van der Waals surface area contributed by atoms with Crippen molar-refractivity contribution in [3.05, 3.63) is 0 Å². The second kappa shape index (κ2) is 19.9. The number of hydrogen-bond acceptors (Lipinski definition) is 8. The van der Waals surface area contributed by atoms with E-state index >= 15 is 0 Å². The molecule has 0 aromatic carbocycles. The second-order valence-electron chi connectivity index (χ2n) is 8.77. The van der Waals surface area contributed by atoms with Crippen LogP contribution in [-0.4, -0.2) is 44.7 Å². The minimum absolute atomic E-state index is 0.0306. The molecule has 0 aliphatic heterocycles. The molecule has 190 valence electrons. The summed E-state index contributed by atoms with van der Waals surface area (Å²) in [6.07, 6.45) is 9.22. The van der Waals surface area contributed by atoms with Crippen LogP contribution in [0.2, 0.25) is 0 Å². The van der Waals surface area contributed by atoms with Gasteiger partial charge in [-0.25, -0.2) is 0 Å². The van der Waals surface area contributed by atoms with Gasteiger partial charge in [-0.05, 0) is 0 Å². The van der Waals surface area contributed by atoms with Gasteiger partial charge in [0.15, 0.2) is 0 Å². The number of rotatable bonds is 20. The van der Waals surface area contributed by atoms with E-state index in [9.17, 15) is 19.2 Å². The van der Waals surface area contributed by atoms with Gasteiger partial charge in [-0.15, -0.1) is 0 Å². The molecule has 0 aliphatic rings. The SMILES string of the molecule is CCCCCO[C](=O)[Zn]([C](=O)OCCCCC)([C](=O)OCCCCC)[C](=O)OCCCCC. The van der Waals surface area contributed by atoms with E-state index in [4.69, 9.17) is 18.9 Å². The summed E-state index contributed by atoms with van der Waals surface area (Å²) >= 11 is -6.03. The number of hydrogen-bond donors (Lipinski definition) is 0. The molecule has 0 aliphatic carbocycles.